The first kappa shape index (κ1) is 20.5. The van der Waals surface area contributed by atoms with Gasteiger partial charge < -0.3 is 19.5 Å². The molecular weight excluding hydrogens is 392 g/mol. The van der Waals surface area contributed by atoms with Crippen molar-refractivity contribution >= 4 is 17.5 Å². The predicted octanol–water partition coefficient (Wildman–Crippen LogP) is 4.36. The Balaban J connectivity index is 1.77. The van der Waals surface area contributed by atoms with Gasteiger partial charge in [-0.15, -0.1) is 0 Å². The van der Waals surface area contributed by atoms with E-state index in [-0.39, 0.29) is 5.91 Å². The zero-order valence-corrected chi connectivity index (χ0v) is 17.1. The normalized spacial score (nSPS) is 10.3. The zero-order chi connectivity index (χ0) is 20.8. The van der Waals surface area contributed by atoms with Crippen LogP contribution in [0.15, 0.2) is 54.7 Å². The van der Waals surface area contributed by atoms with Crippen LogP contribution in [-0.4, -0.2) is 32.2 Å². The largest absolute Gasteiger partial charge is 0.496 e. The van der Waals surface area contributed by atoms with E-state index in [2.05, 4.69) is 10.3 Å². The van der Waals surface area contributed by atoms with E-state index in [9.17, 15) is 4.79 Å². The van der Waals surface area contributed by atoms with Crippen molar-refractivity contribution in [2.45, 2.75) is 6.54 Å². The second kappa shape index (κ2) is 9.30. The summed E-state index contributed by atoms with van der Waals surface area (Å²) in [6.07, 6.45) is 1.66. The second-order valence-electron chi connectivity index (χ2n) is 6.12. The molecule has 0 aliphatic carbocycles. The van der Waals surface area contributed by atoms with E-state index in [0.717, 1.165) is 11.1 Å². The number of aromatic nitrogens is 1. The number of methoxy groups -OCH3 is 3. The molecule has 29 heavy (non-hydrogen) atoms. The average molecular weight is 413 g/mol. The fourth-order valence-electron chi connectivity index (χ4n) is 2.89. The summed E-state index contributed by atoms with van der Waals surface area (Å²) in [5, 5.41) is 3.40. The monoisotopic (exact) mass is 412 g/mol. The number of hydrogen-bond donors (Lipinski definition) is 1. The molecule has 7 heteroatoms. The van der Waals surface area contributed by atoms with Crippen LogP contribution in [0.1, 0.15) is 15.9 Å². The molecular formula is C22H21ClN2O4. The molecule has 1 amide bonds. The van der Waals surface area contributed by atoms with Crippen molar-refractivity contribution in [2.24, 2.45) is 0 Å². The van der Waals surface area contributed by atoms with Gasteiger partial charge in [-0.05, 0) is 48.0 Å². The number of pyridine rings is 1. The lowest BCUT2D eigenvalue weighted by Gasteiger charge is -2.12. The van der Waals surface area contributed by atoms with E-state index >= 15 is 0 Å². The SMILES string of the molecule is COc1ccc(CNC(=O)c2ccc(-c3ncccc3Cl)c(OC)c2)cc1OC. The minimum absolute atomic E-state index is 0.225. The van der Waals surface area contributed by atoms with Crippen LogP contribution in [0.5, 0.6) is 17.2 Å². The Hall–Kier alpha value is -3.25. The molecule has 2 aromatic carbocycles. The third-order valence-electron chi connectivity index (χ3n) is 4.38. The van der Waals surface area contributed by atoms with Crippen LogP contribution in [0, 0.1) is 0 Å². The number of benzene rings is 2. The summed E-state index contributed by atoms with van der Waals surface area (Å²) in [4.78, 5) is 16.9. The topological polar surface area (TPSA) is 69.7 Å². The Labute approximate surface area is 174 Å². The molecule has 150 valence electrons. The van der Waals surface area contributed by atoms with Crippen molar-refractivity contribution in [3.05, 3.63) is 70.9 Å². The van der Waals surface area contributed by atoms with Crippen LogP contribution in [0.4, 0.5) is 0 Å². The van der Waals surface area contributed by atoms with Gasteiger partial charge in [0.15, 0.2) is 11.5 Å². The van der Waals surface area contributed by atoms with Gasteiger partial charge in [0.05, 0.1) is 32.0 Å². The van der Waals surface area contributed by atoms with E-state index in [0.29, 0.717) is 40.1 Å². The van der Waals surface area contributed by atoms with E-state index in [1.807, 2.05) is 12.1 Å². The lowest BCUT2D eigenvalue weighted by molar-refractivity contribution is 0.0950. The van der Waals surface area contributed by atoms with E-state index in [1.165, 1.54) is 0 Å². The Morgan fingerprint density at radius 3 is 2.41 bits per heavy atom. The average Bonchev–Trinajstić information content (AvgIpc) is 2.77. The van der Waals surface area contributed by atoms with Gasteiger partial charge >= 0.3 is 0 Å². The van der Waals surface area contributed by atoms with Crippen molar-refractivity contribution in [3.63, 3.8) is 0 Å². The highest BCUT2D eigenvalue weighted by molar-refractivity contribution is 6.33. The molecule has 0 saturated heterocycles. The molecule has 0 unspecified atom stereocenters. The zero-order valence-electron chi connectivity index (χ0n) is 16.4. The molecule has 0 aliphatic rings. The molecule has 3 aromatic rings. The molecule has 0 bridgehead atoms. The Bertz CT molecular complexity index is 1020. The molecule has 0 saturated carbocycles. The number of nitrogens with one attached hydrogen (secondary N) is 1. The van der Waals surface area contributed by atoms with Crippen molar-refractivity contribution in [1.29, 1.82) is 0 Å². The first-order chi connectivity index (χ1) is 14.1. The van der Waals surface area contributed by atoms with Gasteiger partial charge in [-0.3, -0.25) is 9.78 Å². The van der Waals surface area contributed by atoms with Gasteiger partial charge in [-0.25, -0.2) is 0 Å². The third kappa shape index (κ3) is 4.60. The van der Waals surface area contributed by atoms with E-state index < -0.39 is 0 Å². The van der Waals surface area contributed by atoms with Crippen molar-refractivity contribution < 1.29 is 19.0 Å². The molecule has 6 nitrogen and oxygen atoms in total. The highest BCUT2D eigenvalue weighted by atomic mass is 35.5. The highest BCUT2D eigenvalue weighted by Gasteiger charge is 2.14. The molecule has 3 rings (SSSR count). The maximum Gasteiger partial charge on any atom is 0.251 e. The standard InChI is InChI=1S/C22H21ClN2O4/c1-27-18-9-6-14(11-20(18)29-3)13-25-22(26)15-7-8-16(19(12-15)28-2)21-17(23)5-4-10-24-21/h4-12H,13H2,1-3H3,(H,25,26). The summed E-state index contributed by atoms with van der Waals surface area (Å²) < 4.78 is 16.0. The quantitative estimate of drug-likeness (QED) is 0.624. The van der Waals surface area contributed by atoms with Gasteiger partial charge in [0.1, 0.15) is 5.75 Å². The Morgan fingerprint density at radius 2 is 1.72 bits per heavy atom. The number of amides is 1. The summed E-state index contributed by atoms with van der Waals surface area (Å²) in [5.41, 5.74) is 2.68. The summed E-state index contributed by atoms with van der Waals surface area (Å²) in [6, 6.07) is 14.2. The van der Waals surface area contributed by atoms with Crippen LogP contribution in [0.25, 0.3) is 11.3 Å². The molecule has 0 aliphatic heterocycles. The number of carbonyl (C=O) groups is 1. The summed E-state index contributed by atoms with van der Waals surface area (Å²) in [5.74, 6) is 1.54. The Kier molecular flexibility index (Phi) is 6.57. The fraction of sp³-hybridized carbons (Fsp3) is 0.182. The summed E-state index contributed by atoms with van der Waals surface area (Å²) in [6.45, 7) is 0.343. The van der Waals surface area contributed by atoms with Crippen LogP contribution < -0.4 is 19.5 Å². The van der Waals surface area contributed by atoms with Crippen molar-refractivity contribution in [2.75, 3.05) is 21.3 Å². The summed E-state index contributed by atoms with van der Waals surface area (Å²) >= 11 is 6.24. The molecule has 0 atom stereocenters. The first-order valence-electron chi connectivity index (χ1n) is 8.85. The second-order valence-corrected chi connectivity index (χ2v) is 6.53. The van der Waals surface area contributed by atoms with Gasteiger partial charge in [-0.1, -0.05) is 17.7 Å². The highest BCUT2D eigenvalue weighted by Crippen LogP contribution is 2.33. The minimum Gasteiger partial charge on any atom is -0.496 e. The van der Waals surface area contributed by atoms with Gasteiger partial charge in [0.25, 0.3) is 5.91 Å². The number of nitrogens with zero attached hydrogens (tertiary/aromatic N) is 1. The number of rotatable bonds is 7. The molecule has 0 fully saturated rings. The molecule has 1 N–H and O–H groups in total. The molecule has 0 radical (unpaired) electrons. The smallest absolute Gasteiger partial charge is 0.251 e. The summed E-state index contributed by atoms with van der Waals surface area (Å²) in [7, 11) is 4.69. The van der Waals surface area contributed by atoms with E-state index in [1.54, 1.807) is 63.9 Å². The van der Waals surface area contributed by atoms with Crippen LogP contribution in [-0.2, 0) is 6.54 Å². The van der Waals surface area contributed by atoms with Crippen molar-refractivity contribution in [3.8, 4) is 28.5 Å². The molecule has 1 aromatic heterocycles. The predicted molar refractivity (Wildman–Crippen MR) is 112 cm³/mol. The maximum absolute atomic E-state index is 12.6. The number of hydrogen-bond acceptors (Lipinski definition) is 5. The number of ether oxygens (including phenoxy) is 3. The first-order valence-corrected chi connectivity index (χ1v) is 9.23. The lowest BCUT2D eigenvalue weighted by atomic mass is 10.1. The van der Waals surface area contributed by atoms with Gasteiger partial charge in [0.2, 0.25) is 0 Å². The fourth-order valence-corrected chi connectivity index (χ4v) is 3.11. The third-order valence-corrected chi connectivity index (χ3v) is 4.68. The minimum atomic E-state index is -0.225. The molecule has 0 spiro atoms. The van der Waals surface area contributed by atoms with Crippen LogP contribution >= 0.6 is 11.6 Å². The van der Waals surface area contributed by atoms with Gasteiger partial charge in [-0.2, -0.15) is 0 Å². The van der Waals surface area contributed by atoms with E-state index in [4.69, 9.17) is 25.8 Å². The Morgan fingerprint density at radius 1 is 0.966 bits per heavy atom. The van der Waals surface area contributed by atoms with Crippen LogP contribution in [0.2, 0.25) is 5.02 Å². The molecule has 1 heterocycles. The van der Waals surface area contributed by atoms with Gasteiger partial charge in [0, 0.05) is 23.9 Å². The van der Waals surface area contributed by atoms with Crippen LogP contribution in [0.3, 0.4) is 0 Å². The number of carbonyl (C=O) groups excluding carboxylic acids is 1. The lowest BCUT2D eigenvalue weighted by Crippen LogP contribution is -2.22. The number of halogens is 1. The van der Waals surface area contributed by atoms with Crippen molar-refractivity contribution in [1.82, 2.24) is 10.3 Å². The maximum atomic E-state index is 12.6.